The first-order valence-electron chi connectivity index (χ1n) is 10.6. The van der Waals surface area contributed by atoms with Gasteiger partial charge in [-0.25, -0.2) is 18.6 Å². The van der Waals surface area contributed by atoms with Crippen molar-refractivity contribution >= 4 is 5.97 Å². The summed E-state index contributed by atoms with van der Waals surface area (Å²) >= 11 is 0. The summed E-state index contributed by atoms with van der Waals surface area (Å²) in [5.41, 5.74) is 2.92. The lowest BCUT2D eigenvalue weighted by Gasteiger charge is -2.57. The highest BCUT2D eigenvalue weighted by atomic mass is 35.7. The lowest BCUT2D eigenvalue weighted by atomic mass is 9.57. The summed E-state index contributed by atoms with van der Waals surface area (Å²) in [7, 11) is -4.94. The Labute approximate surface area is 194 Å². The molecule has 0 saturated heterocycles. The summed E-state index contributed by atoms with van der Waals surface area (Å²) in [6.45, 7) is 10.9. The molecule has 0 amide bonds. The molecule has 10 heteroatoms. The third kappa shape index (κ3) is 4.50. The minimum absolute atomic E-state index is 0.00249. The van der Waals surface area contributed by atoms with Gasteiger partial charge in [-0.05, 0) is 33.8 Å². The van der Waals surface area contributed by atoms with Crippen molar-refractivity contribution in [2.75, 3.05) is 13.2 Å². The van der Waals surface area contributed by atoms with Crippen LogP contribution in [0.25, 0.3) is 0 Å². The van der Waals surface area contributed by atoms with Crippen LogP contribution in [0.15, 0.2) is 42.6 Å². The Morgan fingerprint density at radius 1 is 1.03 bits per heavy atom. The second kappa shape index (κ2) is 9.27. The molecule has 0 fully saturated rings. The largest absolute Gasteiger partial charge is 0.426 e. The fourth-order valence-corrected chi connectivity index (χ4v) is 5.29. The Bertz CT molecular complexity index is 1010. The van der Waals surface area contributed by atoms with E-state index in [0.29, 0.717) is 19.0 Å². The third-order valence-electron chi connectivity index (χ3n) is 6.11. The normalized spacial score (nSPS) is 21.4. The number of carbonyl (C=O) groups excluding carboxylic acids is 1. The minimum Gasteiger partial charge on any atom is -0.426 e. The molecule has 9 nitrogen and oxygen atoms in total. The number of fused-ring (bicyclic) bond motifs is 1. The molecule has 3 aliphatic rings. The van der Waals surface area contributed by atoms with E-state index in [9.17, 15) is 4.79 Å². The maximum Gasteiger partial charge on any atom is 0.308 e. The number of nitrogens with zero attached hydrogens (tertiary/aromatic N) is 1. The Hall–Kier alpha value is -2.11. The number of hydrogen-bond donors (Lipinski definition) is 0. The van der Waals surface area contributed by atoms with Gasteiger partial charge in [0.1, 0.15) is 11.7 Å². The van der Waals surface area contributed by atoms with E-state index >= 15 is 0 Å². The fraction of sp³-hybridized carbons (Fsp3) is 0.478. The van der Waals surface area contributed by atoms with Gasteiger partial charge in [-0.15, -0.1) is 10.2 Å². The van der Waals surface area contributed by atoms with Crippen LogP contribution in [-0.4, -0.2) is 25.0 Å². The molecule has 2 atom stereocenters. The van der Waals surface area contributed by atoms with Gasteiger partial charge >= 0.3 is 5.97 Å². The second-order valence-corrected chi connectivity index (χ2v) is 9.11. The number of aromatic nitrogens is 1. The third-order valence-corrected chi connectivity index (χ3v) is 6.11. The summed E-state index contributed by atoms with van der Waals surface area (Å²) in [6, 6.07) is 12.2. The molecule has 0 spiro atoms. The van der Waals surface area contributed by atoms with E-state index < -0.39 is 16.0 Å². The summed E-state index contributed by atoms with van der Waals surface area (Å²) in [5, 5.41) is 0. The van der Waals surface area contributed by atoms with E-state index in [1.807, 2.05) is 32.0 Å². The first-order chi connectivity index (χ1) is 15.4. The van der Waals surface area contributed by atoms with Crippen LogP contribution in [-0.2, 0) is 14.3 Å². The van der Waals surface area contributed by atoms with Gasteiger partial charge in [-0.2, -0.15) is 4.57 Å². The van der Waals surface area contributed by atoms with Gasteiger partial charge in [0.05, 0.1) is 5.41 Å². The molecule has 1 aromatic heterocycles. The number of rotatable bonds is 5. The van der Waals surface area contributed by atoms with Crippen LogP contribution in [0, 0.1) is 15.7 Å². The van der Waals surface area contributed by atoms with E-state index in [1.165, 1.54) is 6.92 Å². The van der Waals surface area contributed by atoms with Crippen LogP contribution in [0.3, 0.4) is 0 Å². The quantitative estimate of drug-likeness (QED) is 0.229. The smallest absolute Gasteiger partial charge is 0.308 e. The topological polar surface area (TPSA) is 141 Å². The Morgan fingerprint density at radius 3 is 2.18 bits per heavy atom. The highest BCUT2D eigenvalue weighted by molar-refractivity contribution is 5.71. The predicted molar refractivity (Wildman–Crippen MR) is 104 cm³/mol. The van der Waals surface area contributed by atoms with Gasteiger partial charge in [-0.3, -0.25) is 4.79 Å². The van der Waals surface area contributed by atoms with Crippen LogP contribution in [0.1, 0.15) is 63.4 Å². The van der Waals surface area contributed by atoms with Crippen LogP contribution >= 0.6 is 0 Å². The molecule has 2 unspecified atom stereocenters. The molecule has 0 saturated carbocycles. The van der Waals surface area contributed by atoms with Gasteiger partial charge in [0.2, 0.25) is 0 Å². The average molecular weight is 482 g/mol. The maximum absolute atomic E-state index is 11.8. The standard InChI is InChI=1S/C23H28NO4.ClHO4/c1-6-26-23(27-7-2)20-17-12-8-9-14-24(17)21(22(23,4)5)16-11-10-13-18(19(16)20)28-15(3)25;2-1(3,4)5/h8-14,20-21H,6-7H2,1-5H3;(H,2,3,4,5)/q+1;/p-1. The van der Waals surface area contributed by atoms with Crippen LogP contribution in [0.2, 0.25) is 0 Å². The molecular weight excluding hydrogens is 454 g/mol. The van der Waals surface area contributed by atoms with Crippen LogP contribution in [0.4, 0.5) is 0 Å². The van der Waals surface area contributed by atoms with Crippen molar-refractivity contribution in [3.05, 3.63) is 59.4 Å². The SMILES string of the molecule is CCOC1(OCC)C2c3c(OC(C)=O)cccc3C([n+]3ccccc32)C1(C)C.[O-][Cl+3]([O-])([O-])[O-]. The lowest BCUT2D eigenvalue weighted by molar-refractivity contribution is -2.00. The maximum atomic E-state index is 11.8. The van der Waals surface area contributed by atoms with Crippen molar-refractivity contribution in [2.45, 2.75) is 52.4 Å². The molecule has 2 aliphatic heterocycles. The minimum atomic E-state index is -4.94. The molecule has 3 heterocycles. The van der Waals surface area contributed by atoms with Crippen LogP contribution in [0.5, 0.6) is 5.75 Å². The highest BCUT2D eigenvalue weighted by Gasteiger charge is 2.71. The zero-order chi connectivity index (χ0) is 24.6. The molecule has 1 aromatic carbocycles. The molecule has 180 valence electrons. The van der Waals surface area contributed by atoms with Crippen molar-refractivity contribution in [3.63, 3.8) is 0 Å². The van der Waals surface area contributed by atoms with Gasteiger partial charge in [0.15, 0.2) is 23.7 Å². The molecule has 5 rings (SSSR count). The molecule has 2 aromatic rings. The number of hydrogen-bond acceptors (Lipinski definition) is 8. The van der Waals surface area contributed by atoms with Crippen molar-refractivity contribution in [3.8, 4) is 5.75 Å². The van der Waals surface area contributed by atoms with Gasteiger partial charge in [0, 0.05) is 43.4 Å². The molecule has 0 N–H and O–H groups in total. The monoisotopic (exact) mass is 481 g/mol. The van der Waals surface area contributed by atoms with Crippen molar-refractivity contribution in [1.82, 2.24) is 0 Å². The Kier molecular flexibility index (Phi) is 7.16. The predicted octanol–water partition coefficient (Wildman–Crippen LogP) is -1.01. The van der Waals surface area contributed by atoms with Crippen LogP contribution < -0.4 is 27.9 Å². The number of esters is 1. The van der Waals surface area contributed by atoms with Crippen molar-refractivity contribution < 1.29 is 52.5 Å². The first-order valence-corrected chi connectivity index (χ1v) is 11.8. The van der Waals surface area contributed by atoms with E-state index in [2.05, 4.69) is 42.8 Å². The van der Waals surface area contributed by atoms with Gasteiger partial charge in [0.25, 0.3) is 0 Å². The Balaban J connectivity index is 0.000000555. The fourth-order valence-electron chi connectivity index (χ4n) is 5.29. The summed E-state index contributed by atoms with van der Waals surface area (Å²) in [4.78, 5) is 11.8. The van der Waals surface area contributed by atoms with Gasteiger partial charge < -0.3 is 14.2 Å². The molecule has 0 radical (unpaired) electrons. The molecule has 2 bridgehead atoms. The second-order valence-electron chi connectivity index (χ2n) is 8.35. The zero-order valence-electron chi connectivity index (χ0n) is 19.2. The summed E-state index contributed by atoms with van der Waals surface area (Å²) in [5.74, 6) is -0.798. The van der Waals surface area contributed by atoms with E-state index in [4.69, 9.17) is 32.8 Å². The van der Waals surface area contributed by atoms with E-state index in [-0.39, 0.29) is 23.3 Å². The lowest BCUT2D eigenvalue weighted by Crippen LogP contribution is -2.71. The summed E-state index contributed by atoms with van der Waals surface area (Å²) < 4.78 is 54.8. The molecular formula is C23H28ClNO8. The number of pyridine rings is 1. The number of ether oxygens (including phenoxy) is 3. The summed E-state index contributed by atoms with van der Waals surface area (Å²) in [6.07, 6.45) is 2.12. The first kappa shape index (κ1) is 25.5. The van der Waals surface area contributed by atoms with Gasteiger partial charge in [-0.1, -0.05) is 18.2 Å². The van der Waals surface area contributed by atoms with E-state index in [0.717, 1.165) is 16.8 Å². The molecule has 1 aliphatic carbocycles. The highest BCUT2D eigenvalue weighted by Crippen LogP contribution is 2.63. The zero-order valence-corrected chi connectivity index (χ0v) is 20.0. The number of carbonyl (C=O) groups is 1. The van der Waals surface area contributed by atoms with E-state index in [1.54, 1.807) is 0 Å². The van der Waals surface area contributed by atoms with Crippen molar-refractivity contribution in [1.29, 1.82) is 0 Å². The number of benzene rings is 1. The van der Waals surface area contributed by atoms with Crippen molar-refractivity contribution in [2.24, 2.45) is 5.41 Å². The molecule has 33 heavy (non-hydrogen) atoms. The Morgan fingerprint density at radius 2 is 1.64 bits per heavy atom. The average Bonchev–Trinajstić information content (AvgIpc) is 2.69. The number of halogens is 1.